The molecule has 0 spiro atoms. The first-order chi connectivity index (χ1) is 10.0. The molecule has 1 aromatic rings. The minimum absolute atomic E-state index is 0.150. The van der Waals surface area contributed by atoms with Crippen LogP contribution in [0.5, 0.6) is 0 Å². The van der Waals surface area contributed by atoms with Crippen molar-refractivity contribution in [3.63, 3.8) is 0 Å². The van der Waals surface area contributed by atoms with E-state index in [1.807, 2.05) is 12.1 Å². The summed E-state index contributed by atoms with van der Waals surface area (Å²) in [6.45, 7) is 3.50. The number of amides is 3. The lowest BCUT2D eigenvalue weighted by Crippen LogP contribution is -2.54. The Labute approximate surface area is 122 Å². The van der Waals surface area contributed by atoms with E-state index in [9.17, 15) is 14.4 Å². The number of benzene rings is 1. The smallest absolute Gasteiger partial charge is 0.255 e. The summed E-state index contributed by atoms with van der Waals surface area (Å²) in [5.41, 5.74) is 2.15. The van der Waals surface area contributed by atoms with Crippen molar-refractivity contribution in [1.29, 1.82) is 0 Å². The average molecular weight is 287 g/mol. The van der Waals surface area contributed by atoms with Crippen molar-refractivity contribution < 1.29 is 19.5 Å². The average Bonchev–Trinajstić information content (AvgIpc) is 2.77. The SMILES string of the molecule is [CH2]c1ccc2c(c1)C(=O)N(C1CCC(=O)N(CO)C1=O)C2. The third kappa shape index (κ3) is 2.12. The number of piperidine rings is 1. The summed E-state index contributed by atoms with van der Waals surface area (Å²) in [6, 6.07) is 4.67. The van der Waals surface area contributed by atoms with Gasteiger partial charge in [-0.2, -0.15) is 0 Å². The van der Waals surface area contributed by atoms with Crippen LogP contribution in [0.4, 0.5) is 0 Å². The first-order valence-corrected chi connectivity index (χ1v) is 6.74. The molecule has 2 aliphatic heterocycles. The highest BCUT2D eigenvalue weighted by Crippen LogP contribution is 2.29. The van der Waals surface area contributed by atoms with Crippen LogP contribution in [0, 0.1) is 6.92 Å². The highest BCUT2D eigenvalue weighted by molar-refractivity contribution is 6.05. The van der Waals surface area contributed by atoms with Crippen LogP contribution < -0.4 is 0 Å². The van der Waals surface area contributed by atoms with Crippen molar-refractivity contribution in [2.24, 2.45) is 0 Å². The van der Waals surface area contributed by atoms with Gasteiger partial charge in [-0.15, -0.1) is 0 Å². The monoisotopic (exact) mass is 287 g/mol. The molecule has 6 nitrogen and oxygen atoms in total. The normalized spacial score (nSPS) is 22.0. The van der Waals surface area contributed by atoms with Gasteiger partial charge in [0, 0.05) is 18.5 Å². The number of hydrogen-bond acceptors (Lipinski definition) is 4. The van der Waals surface area contributed by atoms with Crippen molar-refractivity contribution in [3.05, 3.63) is 41.8 Å². The summed E-state index contributed by atoms with van der Waals surface area (Å²) >= 11 is 0. The van der Waals surface area contributed by atoms with Crippen LogP contribution in [0.1, 0.15) is 34.3 Å². The lowest BCUT2D eigenvalue weighted by atomic mass is 10.0. The van der Waals surface area contributed by atoms with E-state index in [2.05, 4.69) is 6.92 Å². The Bertz CT molecular complexity index is 641. The van der Waals surface area contributed by atoms with Gasteiger partial charge in [0.25, 0.3) is 11.8 Å². The summed E-state index contributed by atoms with van der Waals surface area (Å²) in [7, 11) is 0. The third-order valence-corrected chi connectivity index (χ3v) is 4.01. The summed E-state index contributed by atoms with van der Waals surface area (Å²) in [5.74, 6) is -1.13. The first kappa shape index (κ1) is 13.8. The van der Waals surface area contributed by atoms with Gasteiger partial charge in [-0.1, -0.05) is 12.1 Å². The molecule has 0 bridgehead atoms. The molecule has 2 aliphatic rings. The van der Waals surface area contributed by atoms with Crippen LogP contribution in [0.3, 0.4) is 0 Å². The Morgan fingerprint density at radius 2 is 2.05 bits per heavy atom. The maximum absolute atomic E-state index is 12.5. The highest BCUT2D eigenvalue weighted by atomic mass is 16.3. The number of aliphatic hydroxyl groups is 1. The predicted molar refractivity (Wildman–Crippen MR) is 72.7 cm³/mol. The van der Waals surface area contributed by atoms with Gasteiger partial charge in [-0.05, 0) is 30.5 Å². The summed E-state index contributed by atoms with van der Waals surface area (Å²) < 4.78 is 0. The fourth-order valence-electron chi connectivity index (χ4n) is 2.88. The molecule has 0 aliphatic carbocycles. The van der Waals surface area contributed by atoms with Gasteiger partial charge < -0.3 is 10.0 Å². The molecule has 1 radical (unpaired) electrons. The molecule has 6 heteroatoms. The van der Waals surface area contributed by atoms with Crippen molar-refractivity contribution in [3.8, 4) is 0 Å². The van der Waals surface area contributed by atoms with E-state index in [-0.39, 0.29) is 12.3 Å². The molecule has 1 atom stereocenters. The van der Waals surface area contributed by atoms with E-state index in [0.29, 0.717) is 18.5 Å². The second-order valence-corrected chi connectivity index (χ2v) is 5.28. The minimum atomic E-state index is -0.692. The summed E-state index contributed by atoms with van der Waals surface area (Å²) in [6.07, 6.45) is 0.447. The van der Waals surface area contributed by atoms with Crippen LogP contribution in [-0.4, -0.2) is 45.4 Å². The molecule has 1 unspecified atom stereocenters. The summed E-state index contributed by atoms with van der Waals surface area (Å²) in [4.78, 5) is 38.6. The zero-order chi connectivity index (χ0) is 15.1. The van der Waals surface area contributed by atoms with Crippen molar-refractivity contribution >= 4 is 17.7 Å². The van der Waals surface area contributed by atoms with Crippen molar-refractivity contribution in [1.82, 2.24) is 9.80 Å². The Morgan fingerprint density at radius 3 is 2.76 bits per heavy atom. The molecule has 2 heterocycles. The van der Waals surface area contributed by atoms with E-state index in [1.54, 1.807) is 6.07 Å². The molecule has 3 rings (SSSR count). The maximum atomic E-state index is 12.5. The number of fused-ring (bicyclic) bond motifs is 1. The van der Waals surface area contributed by atoms with E-state index in [0.717, 1.165) is 16.0 Å². The molecule has 109 valence electrons. The van der Waals surface area contributed by atoms with Crippen LogP contribution in [0.2, 0.25) is 0 Å². The predicted octanol–water partition coefficient (Wildman–Crippen LogP) is 0.292. The van der Waals surface area contributed by atoms with Crippen LogP contribution in [0.25, 0.3) is 0 Å². The van der Waals surface area contributed by atoms with E-state index < -0.39 is 24.6 Å². The van der Waals surface area contributed by atoms with Crippen molar-refractivity contribution in [2.75, 3.05) is 6.73 Å². The fourth-order valence-corrected chi connectivity index (χ4v) is 2.88. The molecule has 3 amide bonds. The fraction of sp³-hybridized carbons (Fsp3) is 0.333. The molecule has 1 saturated heterocycles. The number of rotatable bonds is 2. The number of nitrogens with zero attached hydrogens (tertiary/aromatic N) is 2. The van der Waals surface area contributed by atoms with E-state index in [4.69, 9.17) is 5.11 Å². The Hall–Kier alpha value is -2.21. The topological polar surface area (TPSA) is 77.9 Å². The van der Waals surface area contributed by atoms with Crippen molar-refractivity contribution in [2.45, 2.75) is 25.4 Å². The zero-order valence-electron chi connectivity index (χ0n) is 11.4. The van der Waals surface area contributed by atoms with Crippen LogP contribution in [-0.2, 0) is 16.1 Å². The quantitative estimate of drug-likeness (QED) is 0.793. The van der Waals surface area contributed by atoms with Crippen LogP contribution in [0.15, 0.2) is 18.2 Å². The molecule has 21 heavy (non-hydrogen) atoms. The van der Waals surface area contributed by atoms with Gasteiger partial charge in [-0.25, -0.2) is 0 Å². The van der Waals surface area contributed by atoms with E-state index in [1.165, 1.54) is 4.90 Å². The second-order valence-electron chi connectivity index (χ2n) is 5.28. The number of likely N-dealkylation sites (tertiary alicyclic amines) is 1. The standard InChI is InChI=1S/C15H15N2O4/c1-9-2-3-10-7-16(14(20)11(10)6-9)12-4-5-13(19)17(8-18)15(12)21/h2-3,6,12,18H,1,4-5,7-8H2. The first-order valence-electron chi connectivity index (χ1n) is 6.74. The summed E-state index contributed by atoms with van der Waals surface area (Å²) in [5, 5.41) is 9.14. The molecule has 0 saturated carbocycles. The number of carbonyl (C=O) groups is 3. The minimum Gasteiger partial charge on any atom is -0.376 e. The van der Waals surface area contributed by atoms with Gasteiger partial charge in [-0.3, -0.25) is 19.3 Å². The van der Waals surface area contributed by atoms with Gasteiger partial charge in [0.15, 0.2) is 0 Å². The zero-order valence-corrected chi connectivity index (χ0v) is 11.4. The number of hydrogen-bond donors (Lipinski definition) is 1. The van der Waals surface area contributed by atoms with Crippen LogP contribution >= 0.6 is 0 Å². The van der Waals surface area contributed by atoms with Gasteiger partial charge in [0.05, 0.1) is 0 Å². The molecule has 0 aromatic heterocycles. The molecule has 1 fully saturated rings. The maximum Gasteiger partial charge on any atom is 0.255 e. The third-order valence-electron chi connectivity index (χ3n) is 4.01. The lowest BCUT2D eigenvalue weighted by molar-refractivity contribution is -0.156. The number of aliphatic hydroxyl groups excluding tert-OH is 1. The Kier molecular flexibility index (Phi) is 3.25. The Balaban J connectivity index is 1.88. The van der Waals surface area contributed by atoms with E-state index >= 15 is 0 Å². The molecule has 1 aromatic carbocycles. The van der Waals surface area contributed by atoms with Gasteiger partial charge in [0.1, 0.15) is 12.8 Å². The van der Waals surface area contributed by atoms with Gasteiger partial charge >= 0.3 is 0 Å². The second kappa shape index (κ2) is 4.96. The Morgan fingerprint density at radius 1 is 1.29 bits per heavy atom. The number of imide groups is 1. The molecule has 1 N–H and O–H groups in total. The van der Waals surface area contributed by atoms with Gasteiger partial charge in [0.2, 0.25) is 5.91 Å². The highest BCUT2D eigenvalue weighted by Gasteiger charge is 2.42. The molecular formula is C15H15N2O4. The largest absolute Gasteiger partial charge is 0.376 e. The molecular weight excluding hydrogens is 272 g/mol. The number of carbonyl (C=O) groups excluding carboxylic acids is 3. The lowest BCUT2D eigenvalue weighted by Gasteiger charge is -2.34.